The maximum atomic E-state index is 13.1. The van der Waals surface area contributed by atoms with Gasteiger partial charge in [0.15, 0.2) is 21.3 Å². The molecule has 4 aromatic rings. The molecule has 0 unspecified atom stereocenters. The summed E-state index contributed by atoms with van der Waals surface area (Å²) in [7, 11) is -3.41. The Morgan fingerprint density at radius 3 is 2.24 bits per heavy atom. The number of rotatable bonds is 5. The molecule has 1 heterocycles. The van der Waals surface area contributed by atoms with Crippen molar-refractivity contribution in [3.63, 3.8) is 0 Å². The summed E-state index contributed by atoms with van der Waals surface area (Å²) in [5, 5.41) is 0.314. The monoisotopic (exact) mass is 483 g/mol. The number of esters is 1. The maximum absolute atomic E-state index is 13.1. The highest BCUT2D eigenvalue weighted by Gasteiger charge is 2.24. The van der Waals surface area contributed by atoms with Crippen LogP contribution in [-0.4, -0.2) is 25.2 Å². The highest BCUT2D eigenvalue weighted by atomic mass is 35.5. The van der Waals surface area contributed by atoms with Crippen LogP contribution in [0.4, 0.5) is 0 Å². The van der Waals surface area contributed by atoms with Crippen molar-refractivity contribution in [2.24, 2.45) is 0 Å². The minimum absolute atomic E-state index is 0.114. The fourth-order valence-electron chi connectivity index (χ4n) is 3.40. The first-order valence-electron chi connectivity index (χ1n) is 9.75. The molecule has 3 aromatic carbocycles. The van der Waals surface area contributed by atoms with Crippen LogP contribution in [0.3, 0.4) is 0 Å². The summed E-state index contributed by atoms with van der Waals surface area (Å²) in [6, 6.07) is 19.6. The highest BCUT2D eigenvalue weighted by molar-refractivity contribution is 7.90. The lowest BCUT2D eigenvalue weighted by atomic mass is 10.1. The zero-order chi connectivity index (χ0) is 23.8. The third-order valence-corrected chi connectivity index (χ3v) is 6.18. The standard InChI is InChI=1S/C24H18ClNO6S/c1-15(27)31-21-13-10-18(25)14-20(21)26-22(16-8-11-19(12-9-16)33(2,29)30)23(32-24(26)28)17-6-4-3-5-7-17/h3-14H,1-2H3. The van der Waals surface area contributed by atoms with Gasteiger partial charge in [0.1, 0.15) is 5.69 Å². The Morgan fingerprint density at radius 1 is 0.970 bits per heavy atom. The Hall–Kier alpha value is -3.62. The quantitative estimate of drug-likeness (QED) is 0.300. The lowest BCUT2D eigenvalue weighted by Gasteiger charge is -2.13. The SMILES string of the molecule is CC(=O)Oc1ccc(Cl)cc1-n1c(-c2ccc(S(C)(=O)=O)cc2)c(-c2ccccc2)oc1=O. The normalized spacial score (nSPS) is 11.4. The predicted octanol–water partition coefficient (Wildman–Crippen LogP) is 4.75. The summed E-state index contributed by atoms with van der Waals surface area (Å²) in [4.78, 5) is 24.9. The summed E-state index contributed by atoms with van der Waals surface area (Å²) in [5.41, 5.74) is 1.70. The lowest BCUT2D eigenvalue weighted by molar-refractivity contribution is -0.131. The molecule has 0 aliphatic carbocycles. The van der Waals surface area contributed by atoms with Gasteiger partial charge in [-0.1, -0.05) is 54.1 Å². The number of ether oxygens (including phenoxy) is 1. The molecule has 0 amide bonds. The summed E-state index contributed by atoms with van der Waals surface area (Å²) in [6.45, 7) is 1.25. The highest BCUT2D eigenvalue weighted by Crippen LogP contribution is 2.37. The van der Waals surface area contributed by atoms with E-state index in [1.165, 1.54) is 41.8 Å². The van der Waals surface area contributed by atoms with Gasteiger partial charge < -0.3 is 9.15 Å². The van der Waals surface area contributed by atoms with Crippen LogP contribution in [-0.2, 0) is 14.6 Å². The van der Waals surface area contributed by atoms with Crippen molar-refractivity contribution in [3.05, 3.63) is 88.4 Å². The molecule has 1 aromatic heterocycles. The summed E-state index contributed by atoms with van der Waals surface area (Å²) >= 11 is 6.20. The van der Waals surface area contributed by atoms with Crippen LogP contribution in [0, 0.1) is 0 Å². The lowest BCUT2D eigenvalue weighted by Crippen LogP contribution is -2.15. The van der Waals surface area contributed by atoms with Gasteiger partial charge >= 0.3 is 11.7 Å². The number of oxazole rings is 1. The van der Waals surface area contributed by atoms with Gasteiger partial charge in [0, 0.05) is 29.3 Å². The molecule has 0 spiro atoms. The minimum Gasteiger partial charge on any atom is -0.424 e. The Balaban J connectivity index is 2.04. The number of aromatic nitrogens is 1. The average Bonchev–Trinajstić information content (AvgIpc) is 3.11. The second-order valence-corrected chi connectivity index (χ2v) is 9.70. The van der Waals surface area contributed by atoms with Gasteiger partial charge in [-0.25, -0.2) is 17.8 Å². The molecule has 0 aliphatic heterocycles. The van der Waals surface area contributed by atoms with Crippen molar-refractivity contribution in [1.29, 1.82) is 0 Å². The molecule has 0 saturated heterocycles. The Kier molecular flexibility index (Phi) is 5.97. The van der Waals surface area contributed by atoms with E-state index in [2.05, 4.69) is 0 Å². The molecule has 33 heavy (non-hydrogen) atoms. The Bertz CT molecular complexity index is 1500. The molecule has 0 bridgehead atoms. The van der Waals surface area contributed by atoms with E-state index in [-0.39, 0.29) is 22.1 Å². The number of benzene rings is 3. The number of hydrogen-bond donors (Lipinski definition) is 0. The smallest absolute Gasteiger partial charge is 0.424 e. The molecule has 7 nitrogen and oxygen atoms in total. The summed E-state index contributed by atoms with van der Waals surface area (Å²) < 4.78 is 36.0. The van der Waals surface area contributed by atoms with E-state index < -0.39 is 21.6 Å². The van der Waals surface area contributed by atoms with Crippen LogP contribution in [0.2, 0.25) is 5.02 Å². The van der Waals surface area contributed by atoms with E-state index in [1.807, 2.05) is 6.07 Å². The van der Waals surface area contributed by atoms with Crippen LogP contribution >= 0.6 is 11.6 Å². The minimum atomic E-state index is -3.41. The molecule has 0 N–H and O–H groups in total. The van der Waals surface area contributed by atoms with Crippen LogP contribution in [0.1, 0.15) is 6.92 Å². The molecular weight excluding hydrogens is 466 g/mol. The second-order valence-electron chi connectivity index (χ2n) is 7.25. The van der Waals surface area contributed by atoms with Gasteiger partial charge in [0.05, 0.1) is 10.6 Å². The van der Waals surface area contributed by atoms with E-state index in [4.69, 9.17) is 20.8 Å². The second kappa shape index (κ2) is 8.73. The molecule has 0 fully saturated rings. The van der Waals surface area contributed by atoms with E-state index in [1.54, 1.807) is 36.4 Å². The van der Waals surface area contributed by atoms with Crippen LogP contribution in [0.5, 0.6) is 5.75 Å². The van der Waals surface area contributed by atoms with Crippen molar-refractivity contribution in [2.75, 3.05) is 6.26 Å². The Morgan fingerprint density at radius 2 is 1.64 bits per heavy atom. The maximum Gasteiger partial charge on any atom is 0.424 e. The molecule has 4 rings (SSSR count). The van der Waals surface area contributed by atoms with Crippen molar-refractivity contribution in [1.82, 2.24) is 4.57 Å². The first-order chi connectivity index (χ1) is 15.6. The topological polar surface area (TPSA) is 95.6 Å². The summed E-state index contributed by atoms with van der Waals surface area (Å²) in [6.07, 6.45) is 1.11. The molecule has 168 valence electrons. The summed E-state index contributed by atoms with van der Waals surface area (Å²) in [5.74, 6) is -0.922. The van der Waals surface area contributed by atoms with Crippen LogP contribution in [0.25, 0.3) is 28.3 Å². The van der Waals surface area contributed by atoms with Crippen molar-refractivity contribution >= 4 is 27.4 Å². The van der Waals surface area contributed by atoms with Crippen LogP contribution < -0.4 is 10.5 Å². The van der Waals surface area contributed by atoms with Crippen molar-refractivity contribution < 1.29 is 22.4 Å². The van der Waals surface area contributed by atoms with E-state index >= 15 is 0 Å². The Labute approximate surface area is 194 Å². The van der Waals surface area contributed by atoms with Crippen molar-refractivity contribution in [3.8, 4) is 34.0 Å². The number of nitrogens with zero attached hydrogens (tertiary/aromatic N) is 1. The molecule has 0 radical (unpaired) electrons. The molecule has 0 saturated carbocycles. The zero-order valence-electron chi connectivity index (χ0n) is 17.6. The average molecular weight is 484 g/mol. The predicted molar refractivity (Wildman–Crippen MR) is 125 cm³/mol. The third-order valence-electron chi connectivity index (χ3n) is 4.82. The zero-order valence-corrected chi connectivity index (χ0v) is 19.2. The fourth-order valence-corrected chi connectivity index (χ4v) is 4.20. The van der Waals surface area contributed by atoms with Gasteiger partial charge in [0.25, 0.3) is 0 Å². The third kappa shape index (κ3) is 4.62. The molecule has 9 heteroatoms. The fraction of sp³-hybridized carbons (Fsp3) is 0.0833. The van der Waals surface area contributed by atoms with Crippen LogP contribution in [0.15, 0.2) is 86.9 Å². The first kappa shape index (κ1) is 22.6. The van der Waals surface area contributed by atoms with E-state index in [0.29, 0.717) is 21.8 Å². The molecular formula is C24H18ClNO6S. The van der Waals surface area contributed by atoms with Gasteiger partial charge in [-0.05, 0) is 30.3 Å². The number of carbonyl (C=O) groups is 1. The van der Waals surface area contributed by atoms with Gasteiger partial charge in [0.2, 0.25) is 0 Å². The largest absolute Gasteiger partial charge is 0.424 e. The first-order valence-corrected chi connectivity index (χ1v) is 12.0. The number of sulfone groups is 1. The number of carbonyl (C=O) groups excluding carboxylic acids is 1. The van der Waals surface area contributed by atoms with Gasteiger partial charge in [-0.2, -0.15) is 0 Å². The van der Waals surface area contributed by atoms with Gasteiger partial charge in [-0.3, -0.25) is 4.79 Å². The van der Waals surface area contributed by atoms with Crippen molar-refractivity contribution in [2.45, 2.75) is 11.8 Å². The van der Waals surface area contributed by atoms with E-state index in [0.717, 1.165) is 6.26 Å². The number of hydrogen-bond acceptors (Lipinski definition) is 6. The molecule has 0 aliphatic rings. The van der Waals surface area contributed by atoms with Gasteiger partial charge in [-0.15, -0.1) is 0 Å². The number of halogens is 1. The molecule has 0 atom stereocenters. The van der Waals surface area contributed by atoms with E-state index in [9.17, 15) is 18.0 Å².